The zero-order valence-electron chi connectivity index (χ0n) is 13.3. The van der Waals surface area contributed by atoms with Gasteiger partial charge in [-0.25, -0.2) is 0 Å². The highest BCUT2D eigenvalue weighted by Crippen LogP contribution is 2.21. The summed E-state index contributed by atoms with van der Waals surface area (Å²) in [5, 5.41) is 8.10. The first kappa shape index (κ1) is 15.5. The molecule has 4 nitrogen and oxygen atoms in total. The van der Waals surface area contributed by atoms with Crippen LogP contribution in [0.4, 0.5) is 0 Å². The fourth-order valence-electron chi connectivity index (χ4n) is 3.18. The van der Waals surface area contributed by atoms with Gasteiger partial charge in [0, 0.05) is 37.4 Å². The van der Waals surface area contributed by atoms with Gasteiger partial charge in [-0.2, -0.15) is 5.10 Å². The normalized spacial score (nSPS) is 24.1. The van der Waals surface area contributed by atoms with E-state index in [1.807, 2.05) is 10.9 Å². The van der Waals surface area contributed by atoms with Crippen molar-refractivity contribution in [1.82, 2.24) is 20.0 Å². The summed E-state index contributed by atoms with van der Waals surface area (Å²) in [5.74, 6) is 0.788. The average Bonchev–Trinajstić information content (AvgIpc) is 2.93. The number of hydrogen-bond acceptors (Lipinski definition) is 3. The Bertz CT molecular complexity index is 388. The van der Waals surface area contributed by atoms with E-state index in [4.69, 9.17) is 0 Å². The van der Waals surface area contributed by atoms with Gasteiger partial charge in [-0.05, 0) is 38.8 Å². The van der Waals surface area contributed by atoms with Crippen LogP contribution in [0, 0.1) is 5.92 Å². The third-order valence-electron chi connectivity index (χ3n) is 4.42. The van der Waals surface area contributed by atoms with Gasteiger partial charge in [0.25, 0.3) is 0 Å². The molecule has 1 aromatic rings. The quantitative estimate of drug-likeness (QED) is 0.832. The molecule has 1 aliphatic heterocycles. The fourth-order valence-corrected chi connectivity index (χ4v) is 3.18. The number of aryl methyl sites for hydroxylation is 1. The lowest BCUT2D eigenvalue weighted by Crippen LogP contribution is -2.49. The summed E-state index contributed by atoms with van der Waals surface area (Å²) in [6.45, 7) is 12.3. The van der Waals surface area contributed by atoms with Crippen LogP contribution >= 0.6 is 0 Å². The summed E-state index contributed by atoms with van der Waals surface area (Å²) in [6, 6.07) is 0.717. The molecule has 0 amide bonds. The molecule has 2 rings (SSSR count). The van der Waals surface area contributed by atoms with Crippen molar-refractivity contribution < 1.29 is 0 Å². The van der Waals surface area contributed by atoms with Crippen molar-refractivity contribution in [3.8, 4) is 0 Å². The van der Waals surface area contributed by atoms with Crippen molar-refractivity contribution in [3.63, 3.8) is 0 Å². The summed E-state index contributed by atoms with van der Waals surface area (Å²) >= 11 is 0. The molecule has 1 aromatic heterocycles. The van der Waals surface area contributed by atoms with Gasteiger partial charge in [-0.1, -0.05) is 20.3 Å². The molecule has 0 spiro atoms. The maximum Gasteiger partial charge on any atom is 0.0534 e. The molecule has 0 radical (unpaired) electrons. The van der Waals surface area contributed by atoms with Crippen molar-refractivity contribution in [1.29, 1.82) is 0 Å². The lowest BCUT2D eigenvalue weighted by molar-refractivity contribution is 0.129. The third kappa shape index (κ3) is 4.06. The molecular formula is C16H30N4. The van der Waals surface area contributed by atoms with Gasteiger partial charge >= 0.3 is 0 Å². The zero-order valence-corrected chi connectivity index (χ0v) is 13.3. The van der Waals surface area contributed by atoms with Gasteiger partial charge in [0.05, 0.1) is 6.20 Å². The Morgan fingerprint density at radius 2 is 2.20 bits per heavy atom. The lowest BCUT2D eigenvalue weighted by Gasteiger charge is -2.38. The summed E-state index contributed by atoms with van der Waals surface area (Å²) in [7, 11) is 0. The maximum atomic E-state index is 4.37. The Morgan fingerprint density at radius 1 is 1.35 bits per heavy atom. The first-order valence-corrected chi connectivity index (χ1v) is 8.23. The minimum Gasteiger partial charge on any atom is -0.314 e. The highest BCUT2D eigenvalue weighted by Gasteiger charge is 2.27. The molecule has 2 heterocycles. The number of nitrogens with one attached hydrogen (secondary N) is 1. The topological polar surface area (TPSA) is 33.1 Å². The lowest BCUT2D eigenvalue weighted by atomic mass is 9.89. The Kier molecular flexibility index (Phi) is 6.05. The van der Waals surface area contributed by atoms with Crippen LogP contribution in [-0.2, 0) is 13.1 Å². The highest BCUT2D eigenvalue weighted by atomic mass is 15.3. The molecule has 0 saturated carbocycles. The van der Waals surface area contributed by atoms with E-state index in [1.54, 1.807) is 0 Å². The number of hydrogen-bond donors (Lipinski definition) is 1. The van der Waals surface area contributed by atoms with Crippen molar-refractivity contribution in [2.24, 2.45) is 5.92 Å². The number of nitrogens with zero attached hydrogens (tertiary/aromatic N) is 3. The van der Waals surface area contributed by atoms with Gasteiger partial charge < -0.3 is 5.32 Å². The van der Waals surface area contributed by atoms with Crippen LogP contribution in [0.15, 0.2) is 12.4 Å². The molecule has 1 fully saturated rings. The first-order chi connectivity index (χ1) is 9.76. The van der Waals surface area contributed by atoms with Crippen LogP contribution in [-0.4, -0.2) is 40.4 Å². The minimum absolute atomic E-state index is 0.717. The Hall–Kier alpha value is -0.870. The zero-order chi connectivity index (χ0) is 14.4. The second-order valence-electron chi connectivity index (χ2n) is 5.96. The van der Waals surface area contributed by atoms with Crippen LogP contribution < -0.4 is 5.32 Å². The van der Waals surface area contributed by atoms with Crippen LogP contribution in [0.2, 0.25) is 0 Å². The smallest absolute Gasteiger partial charge is 0.0534 e. The van der Waals surface area contributed by atoms with Crippen LogP contribution in [0.1, 0.15) is 45.6 Å². The molecule has 1 aliphatic rings. The van der Waals surface area contributed by atoms with E-state index in [0.29, 0.717) is 0 Å². The predicted octanol–water partition coefficient (Wildman–Crippen LogP) is 2.50. The van der Waals surface area contributed by atoms with Gasteiger partial charge in [0.15, 0.2) is 0 Å². The van der Waals surface area contributed by atoms with E-state index in [-0.39, 0.29) is 0 Å². The van der Waals surface area contributed by atoms with Crippen molar-refractivity contribution in [3.05, 3.63) is 18.0 Å². The van der Waals surface area contributed by atoms with E-state index in [1.165, 1.54) is 37.9 Å². The van der Waals surface area contributed by atoms with Gasteiger partial charge in [0.2, 0.25) is 0 Å². The minimum atomic E-state index is 0.717. The number of likely N-dealkylation sites (tertiary alicyclic amines) is 1. The van der Waals surface area contributed by atoms with Crippen molar-refractivity contribution >= 4 is 0 Å². The third-order valence-corrected chi connectivity index (χ3v) is 4.42. The molecule has 2 atom stereocenters. The summed E-state index contributed by atoms with van der Waals surface area (Å²) < 4.78 is 2.02. The van der Waals surface area contributed by atoms with Gasteiger partial charge in [-0.3, -0.25) is 9.58 Å². The van der Waals surface area contributed by atoms with Gasteiger partial charge in [0.1, 0.15) is 0 Å². The predicted molar refractivity (Wildman–Crippen MR) is 83.7 cm³/mol. The molecule has 0 bridgehead atoms. The highest BCUT2D eigenvalue weighted by molar-refractivity contribution is 5.04. The number of rotatable bonds is 7. The molecule has 20 heavy (non-hydrogen) atoms. The second-order valence-corrected chi connectivity index (χ2v) is 5.96. The first-order valence-electron chi connectivity index (χ1n) is 8.23. The number of piperidine rings is 1. The average molecular weight is 278 g/mol. The molecule has 0 aromatic carbocycles. The van der Waals surface area contributed by atoms with Crippen molar-refractivity contribution in [2.45, 2.75) is 59.2 Å². The molecular weight excluding hydrogens is 248 g/mol. The summed E-state index contributed by atoms with van der Waals surface area (Å²) in [4.78, 5) is 2.59. The Labute approximate surface area is 123 Å². The molecule has 0 aliphatic carbocycles. The van der Waals surface area contributed by atoms with Crippen LogP contribution in [0.5, 0.6) is 0 Å². The van der Waals surface area contributed by atoms with Crippen LogP contribution in [0.3, 0.4) is 0 Å². The molecule has 2 unspecified atom stereocenters. The SMILES string of the molecule is CCCNC1CCN(Cc2cnn(CC)c2)CC1CC. The second kappa shape index (κ2) is 7.79. The Balaban J connectivity index is 1.86. The largest absolute Gasteiger partial charge is 0.314 e. The van der Waals surface area contributed by atoms with Crippen molar-refractivity contribution in [2.75, 3.05) is 19.6 Å². The summed E-state index contributed by atoms with van der Waals surface area (Å²) in [5.41, 5.74) is 1.35. The molecule has 114 valence electrons. The van der Waals surface area contributed by atoms with Crippen LogP contribution in [0.25, 0.3) is 0 Å². The van der Waals surface area contributed by atoms with E-state index in [2.05, 4.69) is 42.3 Å². The standard InChI is InChI=1S/C16H30N4/c1-4-8-17-16-7-9-19(13-15(16)5-2)11-14-10-18-20(6-3)12-14/h10,12,15-17H,4-9,11,13H2,1-3H3. The maximum absolute atomic E-state index is 4.37. The number of aromatic nitrogens is 2. The van der Waals surface area contributed by atoms with E-state index in [9.17, 15) is 0 Å². The Morgan fingerprint density at radius 3 is 2.85 bits per heavy atom. The van der Waals surface area contributed by atoms with E-state index in [0.717, 1.165) is 31.6 Å². The molecule has 4 heteroatoms. The molecule has 1 N–H and O–H groups in total. The summed E-state index contributed by atoms with van der Waals surface area (Å²) in [6.07, 6.45) is 7.98. The van der Waals surface area contributed by atoms with E-state index >= 15 is 0 Å². The molecule has 1 saturated heterocycles. The monoisotopic (exact) mass is 278 g/mol. The van der Waals surface area contributed by atoms with Gasteiger partial charge in [-0.15, -0.1) is 0 Å². The van der Waals surface area contributed by atoms with E-state index < -0.39 is 0 Å². The fraction of sp³-hybridized carbons (Fsp3) is 0.812.